The summed E-state index contributed by atoms with van der Waals surface area (Å²) >= 11 is 0. The highest BCUT2D eigenvalue weighted by atomic mass is 16.7. The molecule has 6 N–H and O–H groups in total. The lowest BCUT2D eigenvalue weighted by atomic mass is 10.0. The lowest BCUT2D eigenvalue weighted by Gasteiger charge is -2.27. The van der Waals surface area contributed by atoms with Gasteiger partial charge in [-0.05, 0) is 93.0 Å². The molecule has 6 amide bonds. The van der Waals surface area contributed by atoms with Crippen molar-refractivity contribution in [3.05, 3.63) is 123 Å². The monoisotopic (exact) mass is 909 g/mol. The van der Waals surface area contributed by atoms with Gasteiger partial charge in [-0.2, -0.15) is 0 Å². The molecule has 4 aromatic carbocycles. The van der Waals surface area contributed by atoms with Crippen LogP contribution >= 0.6 is 0 Å². The average Bonchev–Trinajstić information content (AvgIpc) is 3.57. The largest absolute Gasteiger partial charge is 0.514 e. The second kappa shape index (κ2) is 22.3. The van der Waals surface area contributed by atoms with Crippen LogP contribution in [0.5, 0.6) is 5.75 Å². The summed E-state index contributed by atoms with van der Waals surface area (Å²) in [7, 11) is 0. The Kier molecular flexibility index (Phi) is 16.6. The second-order valence-electron chi connectivity index (χ2n) is 16.7. The molecule has 0 heterocycles. The van der Waals surface area contributed by atoms with Crippen molar-refractivity contribution in [3.8, 4) is 16.9 Å². The number of benzene rings is 4. The van der Waals surface area contributed by atoms with E-state index < -0.39 is 70.8 Å². The third-order valence-electron chi connectivity index (χ3n) is 10.3. The Bertz CT molecular complexity index is 2370. The van der Waals surface area contributed by atoms with Crippen LogP contribution in [0.3, 0.4) is 0 Å². The summed E-state index contributed by atoms with van der Waals surface area (Å²) in [6, 6.07) is 21.9. The number of carbonyl (C=O) groups excluding carboxylic acids is 6. The van der Waals surface area contributed by atoms with E-state index in [-0.39, 0.29) is 56.2 Å². The van der Waals surface area contributed by atoms with E-state index in [1.165, 1.54) is 35.2 Å². The second-order valence-corrected chi connectivity index (χ2v) is 16.7. The van der Waals surface area contributed by atoms with Gasteiger partial charge >= 0.3 is 24.4 Å². The Labute approximate surface area is 381 Å². The topological polar surface area (TPSA) is 260 Å². The summed E-state index contributed by atoms with van der Waals surface area (Å²) in [5.74, 6) is -1.70. The van der Waals surface area contributed by atoms with Crippen molar-refractivity contribution in [1.29, 1.82) is 0 Å². The SMILES string of the molecule is CCN(Cc1cc(NC(=O)[C@H](CCCNC(N)=O)NC(=O)[C@@H](NC(=O)OC(C)(C)C)C(C)C)ccc1COC(=O)Oc1ccc([N+](=O)[O-])cc1)C(=O)OC1c2ccccc2-c2ccccc21. The first kappa shape index (κ1) is 49.3. The number of anilines is 1. The number of nitro groups is 1. The molecule has 0 saturated carbocycles. The van der Waals surface area contributed by atoms with E-state index in [1.807, 2.05) is 48.5 Å². The molecular formula is C47H55N7O12. The van der Waals surface area contributed by atoms with E-state index in [2.05, 4.69) is 21.3 Å². The first-order valence-electron chi connectivity index (χ1n) is 21.3. The van der Waals surface area contributed by atoms with Gasteiger partial charge in [-0.1, -0.05) is 68.4 Å². The number of amides is 6. The minimum absolute atomic E-state index is 0.00577. The highest BCUT2D eigenvalue weighted by Crippen LogP contribution is 2.45. The van der Waals surface area contributed by atoms with Crippen LogP contribution in [-0.2, 0) is 37.0 Å². The number of nitrogens with one attached hydrogen (secondary N) is 4. The number of ether oxygens (including phenoxy) is 4. The van der Waals surface area contributed by atoms with Crippen LogP contribution in [0.1, 0.15) is 82.7 Å². The molecule has 350 valence electrons. The van der Waals surface area contributed by atoms with Crippen molar-refractivity contribution in [3.63, 3.8) is 0 Å². The molecule has 1 aliphatic carbocycles. The fourth-order valence-electron chi connectivity index (χ4n) is 7.06. The minimum Gasteiger partial charge on any atom is -0.444 e. The number of rotatable bonds is 18. The molecule has 0 fully saturated rings. The summed E-state index contributed by atoms with van der Waals surface area (Å²) in [4.78, 5) is 90.5. The molecule has 0 bridgehead atoms. The normalized spacial score (nSPS) is 12.7. The summed E-state index contributed by atoms with van der Waals surface area (Å²) < 4.78 is 22.2. The Morgan fingerprint density at radius 2 is 1.48 bits per heavy atom. The van der Waals surface area contributed by atoms with Crippen molar-refractivity contribution in [2.24, 2.45) is 11.7 Å². The van der Waals surface area contributed by atoms with Crippen molar-refractivity contribution < 1.29 is 52.6 Å². The van der Waals surface area contributed by atoms with E-state index in [9.17, 15) is 38.9 Å². The van der Waals surface area contributed by atoms with Crippen molar-refractivity contribution >= 4 is 47.6 Å². The fourth-order valence-corrected chi connectivity index (χ4v) is 7.06. The molecule has 0 aliphatic heterocycles. The third kappa shape index (κ3) is 13.7. The smallest absolute Gasteiger partial charge is 0.444 e. The predicted molar refractivity (Wildman–Crippen MR) is 242 cm³/mol. The zero-order chi connectivity index (χ0) is 48.1. The number of carbonyl (C=O) groups is 6. The molecule has 4 aromatic rings. The number of nitro benzene ring substituents is 1. The number of alkyl carbamates (subject to hydrolysis) is 1. The number of hydrogen-bond acceptors (Lipinski definition) is 12. The number of nitrogens with two attached hydrogens (primary N) is 1. The van der Waals surface area contributed by atoms with Crippen LogP contribution in [0.4, 0.5) is 30.6 Å². The highest BCUT2D eigenvalue weighted by Gasteiger charge is 2.33. The molecule has 0 saturated heterocycles. The number of hydrogen-bond donors (Lipinski definition) is 5. The van der Waals surface area contributed by atoms with Gasteiger partial charge in [-0.25, -0.2) is 19.2 Å². The molecule has 19 heteroatoms. The molecule has 0 radical (unpaired) electrons. The van der Waals surface area contributed by atoms with E-state index in [4.69, 9.17) is 24.7 Å². The van der Waals surface area contributed by atoms with Crippen molar-refractivity contribution in [2.75, 3.05) is 18.4 Å². The van der Waals surface area contributed by atoms with E-state index in [1.54, 1.807) is 53.7 Å². The molecule has 0 aromatic heterocycles. The van der Waals surface area contributed by atoms with E-state index in [0.29, 0.717) is 11.1 Å². The van der Waals surface area contributed by atoms with Crippen LogP contribution in [0.15, 0.2) is 91.0 Å². The first-order valence-corrected chi connectivity index (χ1v) is 21.3. The number of non-ortho nitro benzene ring substituents is 1. The zero-order valence-electron chi connectivity index (χ0n) is 37.6. The molecule has 5 rings (SSSR count). The van der Waals surface area contributed by atoms with Gasteiger partial charge in [0.05, 0.1) is 4.92 Å². The molecular weight excluding hydrogens is 855 g/mol. The molecule has 66 heavy (non-hydrogen) atoms. The Hall–Kier alpha value is -7.70. The van der Waals surface area contributed by atoms with E-state index >= 15 is 0 Å². The fraction of sp³-hybridized carbons (Fsp3) is 0.362. The highest BCUT2D eigenvalue weighted by molar-refractivity contribution is 5.98. The van der Waals surface area contributed by atoms with Crippen LogP contribution in [0.25, 0.3) is 11.1 Å². The van der Waals surface area contributed by atoms with Crippen molar-refractivity contribution in [1.82, 2.24) is 20.9 Å². The van der Waals surface area contributed by atoms with Gasteiger partial charge in [0.1, 0.15) is 30.0 Å². The number of fused-ring (bicyclic) bond motifs is 3. The molecule has 19 nitrogen and oxygen atoms in total. The van der Waals surface area contributed by atoms with Gasteiger partial charge in [0.15, 0.2) is 6.10 Å². The van der Waals surface area contributed by atoms with Gasteiger partial charge in [-0.15, -0.1) is 0 Å². The summed E-state index contributed by atoms with van der Waals surface area (Å²) in [5.41, 5.74) is 8.89. The Balaban J connectivity index is 1.39. The quantitative estimate of drug-likeness (QED) is 0.0163. The van der Waals surface area contributed by atoms with Gasteiger partial charge in [-0.3, -0.25) is 19.7 Å². The van der Waals surface area contributed by atoms with Crippen LogP contribution in [-0.4, -0.2) is 76.8 Å². The first-order chi connectivity index (χ1) is 31.3. The maximum absolute atomic E-state index is 14.0. The number of nitrogens with zero attached hydrogens (tertiary/aromatic N) is 2. The summed E-state index contributed by atoms with van der Waals surface area (Å²) in [5, 5.41) is 21.7. The van der Waals surface area contributed by atoms with E-state index in [0.717, 1.165) is 22.3 Å². The van der Waals surface area contributed by atoms with Crippen LogP contribution in [0.2, 0.25) is 0 Å². The predicted octanol–water partition coefficient (Wildman–Crippen LogP) is 7.46. The Morgan fingerprint density at radius 3 is 2.06 bits per heavy atom. The van der Waals surface area contributed by atoms with Gasteiger partial charge in [0.25, 0.3) is 5.69 Å². The summed E-state index contributed by atoms with van der Waals surface area (Å²) in [6.45, 7) is 10.1. The Morgan fingerprint density at radius 1 is 0.848 bits per heavy atom. The molecule has 0 spiro atoms. The van der Waals surface area contributed by atoms with Crippen molar-refractivity contribution in [2.45, 2.75) is 91.3 Å². The third-order valence-corrected chi connectivity index (χ3v) is 10.3. The summed E-state index contributed by atoms with van der Waals surface area (Å²) in [6.07, 6.45) is -2.96. The minimum atomic E-state index is -1.17. The van der Waals surface area contributed by atoms with Gasteiger partial charge < -0.3 is 50.8 Å². The molecule has 0 unspecified atom stereocenters. The lowest BCUT2D eigenvalue weighted by molar-refractivity contribution is -0.384. The average molecular weight is 910 g/mol. The maximum Gasteiger partial charge on any atom is 0.514 e. The lowest BCUT2D eigenvalue weighted by Crippen LogP contribution is -2.55. The zero-order valence-corrected chi connectivity index (χ0v) is 37.6. The number of primary amides is 1. The van der Waals surface area contributed by atoms with Crippen LogP contribution in [0, 0.1) is 16.0 Å². The number of urea groups is 1. The molecule has 1 aliphatic rings. The maximum atomic E-state index is 14.0. The van der Waals surface area contributed by atoms with Gasteiger partial charge in [0.2, 0.25) is 11.8 Å². The molecule has 2 atom stereocenters. The van der Waals surface area contributed by atoms with Gasteiger partial charge in [0, 0.05) is 48.6 Å². The standard InChI is InChI=1S/C47H55N7O12/c1-7-53(45(59)65-40-36-15-10-8-13-34(36)35-14-9-11-16-37(35)40)26-30-25-31(19-18-29(30)27-63-46(60)64-33-22-20-32(21-23-33)54(61)62)50-41(55)38(17-12-24-49-43(48)57)51-42(56)39(28(2)3)52-44(58)66-47(4,5)6/h8-11,13-16,18-23,25,28,38-40H,7,12,17,24,26-27H2,1-6H3,(H,50,55)(H,51,56)(H,52,58)(H3,48,49,57)/t38-,39-/m0/s1. The van der Waals surface area contributed by atoms with Crippen LogP contribution < -0.4 is 31.7 Å².